The summed E-state index contributed by atoms with van der Waals surface area (Å²) in [6, 6.07) is 4.17. The van der Waals surface area contributed by atoms with E-state index in [1.54, 1.807) is 0 Å². The van der Waals surface area contributed by atoms with Crippen LogP contribution in [0.5, 0.6) is 0 Å². The van der Waals surface area contributed by atoms with E-state index in [-0.39, 0.29) is 0 Å². The van der Waals surface area contributed by atoms with Crippen LogP contribution in [0, 0.1) is 6.92 Å². The summed E-state index contributed by atoms with van der Waals surface area (Å²) in [5, 5.41) is 3.33. The molecule has 72 valence electrons. The molecule has 1 aromatic heterocycles. The lowest BCUT2D eigenvalue weighted by Crippen LogP contribution is -2.13. The number of nitrogens with zero attached hydrogens (tertiary/aromatic N) is 1. The molecule has 0 unspecified atom stereocenters. The normalized spacial score (nSPS) is 13.5. The monoisotopic (exact) mass is 178 g/mol. The average molecular weight is 178 g/mol. The first-order valence-corrected chi connectivity index (χ1v) is 5.07. The van der Waals surface area contributed by atoms with E-state index in [0.717, 1.165) is 18.7 Å². The van der Waals surface area contributed by atoms with Gasteiger partial charge in [-0.05, 0) is 31.9 Å². The number of aryl methyl sites for hydroxylation is 2. The van der Waals surface area contributed by atoms with Crippen LogP contribution in [0.15, 0.2) is 12.1 Å². The summed E-state index contributed by atoms with van der Waals surface area (Å²) in [5.74, 6) is 0. The number of fused-ring (bicyclic) bond motifs is 1. The number of nitrogens with one attached hydrogen (secondary N) is 1. The predicted molar refractivity (Wildman–Crippen MR) is 57.1 cm³/mol. The van der Waals surface area contributed by atoms with Crippen molar-refractivity contribution in [2.24, 2.45) is 0 Å². The summed E-state index contributed by atoms with van der Waals surface area (Å²) in [5.41, 5.74) is 3.57. The molecular weight excluding hydrogens is 160 g/mol. The SMILES string of the molecule is CC.Cc1ccc2c(n1)CCCN2. The molecule has 0 fully saturated rings. The van der Waals surface area contributed by atoms with Crippen LogP contribution in [0.25, 0.3) is 0 Å². The van der Waals surface area contributed by atoms with Crippen molar-refractivity contribution in [1.29, 1.82) is 0 Å². The third-order valence-electron chi connectivity index (χ3n) is 2.02. The van der Waals surface area contributed by atoms with Crippen molar-refractivity contribution in [3.05, 3.63) is 23.5 Å². The van der Waals surface area contributed by atoms with Gasteiger partial charge in [-0.3, -0.25) is 4.98 Å². The van der Waals surface area contributed by atoms with Crippen LogP contribution in [0.3, 0.4) is 0 Å². The molecule has 1 aliphatic rings. The Kier molecular flexibility index (Phi) is 3.74. The molecule has 0 saturated carbocycles. The molecule has 2 nitrogen and oxygen atoms in total. The zero-order valence-electron chi connectivity index (χ0n) is 8.72. The largest absolute Gasteiger partial charge is 0.384 e. The average Bonchev–Trinajstić information content (AvgIpc) is 2.21. The first-order valence-electron chi connectivity index (χ1n) is 5.07. The maximum Gasteiger partial charge on any atom is 0.0638 e. The number of pyridine rings is 1. The molecule has 1 aromatic rings. The van der Waals surface area contributed by atoms with Crippen molar-refractivity contribution < 1.29 is 0 Å². The third-order valence-corrected chi connectivity index (χ3v) is 2.02. The molecule has 2 heteroatoms. The van der Waals surface area contributed by atoms with Crippen LogP contribution >= 0.6 is 0 Å². The first kappa shape index (κ1) is 10.0. The molecule has 0 bridgehead atoms. The molecule has 2 heterocycles. The second kappa shape index (κ2) is 4.85. The van der Waals surface area contributed by atoms with Gasteiger partial charge in [0.05, 0.1) is 11.4 Å². The van der Waals surface area contributed by atoms with Crippen molar-refractivity contribution >= 4 is 5.69 Å². The maximum absolute atomic E-state index is 4.45. The number of hydrogen-bond donors (Lipinski definition) is 1. The quantitative estimate of drug-likeness (QED) is 0.660. The first-order chi connectivity index (χ1) is 6.36. The van der Waals surface area contributed by atoms with Gasteiger partial charge in [0.15, 0.2) is 0 Å². The molecule has 0 spiro atoms. The molecule has 0 atom stereocenters. The molecule has 0 radical (unpaired) electrons. The topological polar surface area (TPSA) is 24.9 Å². The van der Waals surface area contributed by atoms with E-state index in [4.69, 9.17) is 0 Å². The number of rotatable bonds is 0. The van der Waals surface area contributed by atoms with E-state index < -0.39 is 0 Å². The lowest BCUT2D eigenvalue weighted by Gasteiger charge is -2.16. The smallest absolute Gasteiger partial charge is 0.0638 e. The highest BCUT2D eigenvalue weighted by molar-refractivity contribution is 5.49. The zero-order valence-corrected chi connectivity index (χ0v) is 8.72. The van der Waals surface area contributed by atoms with Crippen molar-refractivity contribution in [2.45, 2.75) is 33.6 Å². The van der Waals surface area contributed by atoms with Crippen LogP contribution in [0.4, 0.5) is 5.69 Å². The highest BCUT2D eigenvalue weighted by Crippen LogP contribution is 2.19. The lowest BCUT2D eigenvalue weighted by molar-refractivity contribution is 0.797. The molecule has 0 saturated heterocycles. The summed E-state index contributed by atoms with van der Waals surface area (Å²) in [6.45, 7) is 7.13. The van der Waals surface area contributed by atoms with Crippen molar-refractivity contribution in [2.75, 3.05) is 11.9 Å². The summed E-state index contributed by atoms with van der Waals surface area (Å²) in [4.78, 5) is 4.45. The van der Waals surface area contributed by atoms with Gasteiger partial charge in [0.1, 0.15) is 0 Å². The van der Waals surface area contributed by atoms with Crippen molar-refractivity contribution in [3.63, 3.8) is 0 Å². The van der Waals surface area contributed by atoms with E-state index in [0.29, 0.717) is 0 Å². The van der Waals surface area contributed by atoms with E-state index in [2.05, 4.69) is 22.4 Å². The van der Waals surface area contributed by atoms with Crippen LogP contribution in [0.2, 0.25) is 0 Å². The fourth-order valence-electron chi connectivity index (χ4n) is 1.44. The van der Waals surface area contributed by atoms with Gasteiger partial charge in [-0.15, -0.1) is 0 Å². The number of aromatic nitrogens is 1. The van der Waals surface area contributed by atoms with Gasteiger partial charge in [0.25, 0.3) is 0 Å². The minimum Gasteiger partial charge on any atom is -0.384 e. The molecule has 13 heavy (non-hydrogen) atoms. The second-order valence-electron chi connectivity index (χ2n) is 2.98. The summed E-state index contributed by atoms with van der Waals surface area (Å²) < 4.78 is 0. The van der Waals surface area contributed by atoms with Gasteiger partial charge >= 0.3 is 0 Å². The molecule has 1 aliphatic heterocycles. The molecule has 0 aliphatic carbocycles. The van der Waals surface area contributed by atoms with Gasteiger partial charge in [-0.2, -0.15) is 0 Å². The van der Waals surface area contributed by atoms with Gasteiger partial charge in [0, 0.05) is 12.2 Å². The highest BCUT2D eigenvalue weighted by atomic mass is 14.9. The van der Waals surface area contributed by atoms with E-state index in [9.17, 15) is 0 Å². The fourth-order valence-corrected chi connectivity index (χ4v) is 1.44. The van der Waals surface area contributed by atoms with Crippen LogP contribution < -0.4 is 5.32 Å². The number of anilines is 1. The van der Waals surface area contributed by atoms with E-state index >= 15 is 0 Å². The Bertz CT molecular complexity index is 269. The molecule has 0 amide bonds. The highest BCUT2D eigenvalue weighted by Gasteiger charge is 2.08. The molecular formula is C11H18N2. The van der Waals surface area contributed by atoms with Gasteiger partial charge in [-0.25, -0.2) is 0 Å². The van der Waals surface area contributed by atoms with Crippen LogP contribution in [0.1, 0.15) is 31.7 Å². The molecule has 2 rings (SSSR count). The Morgan fingerprint density at radius 1 is 1.31 bits per heavy atom. The fraction of sp³-hybridized carbons (Fsp3) is 0.545. The minimum absolute atomic E-state index is 1.09. The lowest BCUT2D eigenvalue weighted by atomic mass is 10.1. The Hall–Kier alpha value is -1.05. The van der Waals surface area contributed by atoms with Crippen molar-refractivity contribution in [1.82, 2.24) is 4.98 Å². The Morgan fingerprint density at radius 2 is 2.08 bits per heavy atom. The van der Waals surface area contributed by atoms with E-state index in [1.165, 1.54) is 17.8 Å². The number of hydrogen-bond acceptors (Lipinski definition) is 2. The maximum atomic E-state index is 4.45. The summed E-state index contributed by atoms with van der Waals surface area (Å²) in [6.07, 6.45) is 2.34. The Balaban J connectivity index is 0.000000396. The predicted octanol–water partition coefficient (Wildman–Crippen LogP) is 2.77. The second-order valence-corrected chi connectivity index (χ2v) is 2.98. The van der Waals surface area contributed by atoms with Crippen molar-refractivity contribution in [3.8, 4) is 0 Å². The third kappa shape index (κ3) is 2.44. The molecule has 0 aromatic carbocycles. The standard InChI is InChI=1S/C9H12N2.C2H6/c1-7-4-5-8-9(11-7)3-2-6-10-8;1-2/h4-5,10H,2-3,6H2,1H3;1-2H3. The minimum atomic E-state index is 1.09. The zero-order chi connectivity index (χ0) is 9.68. The van der Waals surface area contributed by atoms with Gasteiger partial charge < -0.3 is 5.32 Å². The van der Waals surface area contributed by atoms with Gasteiger partial charge in [0.2, 0.25) is 0 Å². The van der Waals surface area contributed by atoms with Gasteiger partial charge in [-0.1, -0.05) is 13.8 Å². The van der Waals surface area contributed by atoms with E-state index in [1.807, 2.05) is 20.8 Å². The summed E-state index contributed by atoms with van der Waals surface area (Å²) >= 11 is 0. The van der Waals surface area contributed by atoms with Crippen LogP contribution in [-0.4, -0.2) is 11.5 Å². The van der Waals surface area contributed by atoms with Crippen LogP contribution in [-0.2, 0) is 6.42 Å². The molecule has 1 N–H and O–H groups in total. The summed E-state index contributed by atoms with van der Waals surface area (Å²) in [7, 11) is 0. The Labute approximate surface area is 80.4 Å². The Morgan fingerprint density at radius 3 is 2.85 bits per heavy atom.